The topological polar surface area (TPSA) is 80.8 Å². The molecule has 0 amide bonds. The molecule has 1 aliphatic heterocycles. The van der Waals surface area contributed by atoms with Gasteiger partial charge in [-0.15, -0.1) is 0 Å². The molecule has 0 unspecified atom stereocenters. The van der Waals surface area contributed by atoms with Crippen LogP contribution in [0.5, 0.6) is 0 Å². The van der Waals surface area contributed by atoms with Crippen molar-refractivity contribution in [3.63, 3.8) is 0 Å². The number of ether oxygens (including phenoxy) is 1. The third-order valence-electron chi connectivity index (χ3n) is 3.29. The molecule has 0 bridgehead atoms. The van der Waals surface area contributed by atoms with E-state index >= 15 is 0 Å². The van der Waals surface area contributed by atoms with Gasteiger partial charge in [-0.1, -0.05) is 0 Å². The number of hydrogen-bond acceptors (Lipinski definition) is 5. The molecule has 19 heavy (non-hydrogen) atoms. The molecule has 1 aliphatic rings. The Morgan fingerprint density at radius 2 is 1.84 bits per heavy atom. The number of ketones is 1. The summed E-state index contributed by atoms with van der Waals surface area (Å²) >= 11 is 0. The molecule has 7 heteroatoms. The predicted octanol–water partition coefficient (Wildman–Crippen LogP) is 0.570. The maximum absolute atomic E-state index is 12.0. The summed E-state index contributed by atoms with van der Waals surface area (Å²) in [7, 11) is -3.42. The predicted molar refractivity (Wildman–Crippen MR) is 70.0 cm³/mol. The lowest BCUT2D eigenvalue weighted by Crippen LogP contribution is -2.41. The van der Waals surface area contributed by atoms with Gasteiger partial charge < -0.3 is 4.74 Å². The van der Waals surface area contributed by atoms with Crippen molar-refractivity contribution >= 4 is 21.8 Å². The van der Waals surface area contributed by atoms with Gasteiger partial charge in [0.15, 0.2) is 0 Å². The van der Waals surface area contributed by atoms with Crippen molar-refractivity contribution in [1.82, 2.24) is 4.31 Å². The van der Waals surface area contributed by atoms with Gasteiger partial charge in [-0.25, -0.2) is 12.7 Å². The molecule has 1 heterocycles. The molecule has 0 aliphatic carbocycles. The van der Waals surface area contributed by atoms with Crippen LogP contribution in [0.1, 0.15) is 33.1 Å². The van der Waals surface area contributed by atoms with E-state index < -0.39 is 16.0 Å². The first-order valence-electron chi connectivity index (χ1n) is 6.50. The normalized spacial score (nSPS) is 18.2. The Kier molecular flexibility index (Phi) is 5.93. The van der Waals surface area contributed by atoms with Crippen molar-refractivity contribution in [2.24, 2.45) is 5.92 Å². The van der Waals surface area contributed by atoms with E-state index in [0.717, 1.165) is 0 Å². The van der Waals surface area contributed by atoms with E-state index in [-0.39, 0.29) is 30.5 Å². The maximum atomic E-state index is 12.0. The van der Waals surface area contributed by atoms with E-state index in [1.54, 1.807) is 6.92 Å². The van der Waals surface area contributed by atoms with Crippen molar-refractivity contribution in [3.8, 4) is 0 Å². The number of rotatable bonds is 6. The summed E-state index contributed by atoms with van der Waals surface area (Å²) in [5, 5.41) is 0. The fourth-order valence-electron chi connectivity index (χ4n) is 2.12. The zero-order valence-corrected chi connectivity index (χ0v) is 12.2. The summed E-state index contributed by atoms with van der Waals surface area (Å²) in [5.74, 6) is -0.638. The second-order valence-corrected chi connectivity index (χ2v) is 6.74. The third kappa shape index (κ3) is 4.91. The highest BCUT2D eigenvalue weighted by Gasteiger charge is 2.29. The Bertz CT molecular complexity index is 423. The molecule has 0 N–H and O–H groups in total. The maximum Gasteiger partial charge on any atom is 0.306 e. The Balaban J connectivity index is 2.46. The third-order valence-corrected chi connectivity index (χ3v) is 5.16. The summed E-state index contributed by atoms with van der Waals surface area (Å²) in [4.78, 5) is 22.4. The van der Waals surface area contributed by atoms with Crippen LogP contribution < -0.4 is 0 Å². The number of esters is 1. The van der Waals surface area contributed by atoms with E-state index in [9.17, 15) is 18.0 Å². The van der Waals surface area contributed by atoms with E-state index in [1.807, 2.05) is 0 Å². The molecule has 0 aromatic heterocycles. The van der Waals surface area contributed by atoms with E-state index in [4.69, 9.17) is 4.74 Å². The van der Waals surface area contributed by atoms with Crippen LogP contribution in [0.4, 0.5) is 0 Å². The summed E-state index contributed by atoms with van der Waals surface area (Å²) in [5.41, 5.74) is 0. The van der Waals surface area contributed by atoms with Gasteiger partial charge in [-0.2, -0.15) is 0 Å². The summed E-state index contributed by atoms with van der Waals surface area (Å²) in [6, 6.07) is 0. The molecule has 1 fully saturated rings. The summed E-state index contributed by atoms with van der Waals surface area (Å²) < 4.78 is 30.1. The lowest BCUT2D eigenvalue weighted by Gasteiger charge is -2.29. The fourth-order valence-corrected chi connectivity index (χ4v) is 3.57. The van der Waals surface area contributed by atoms with Gasteiger partial charge in [0.05, 0.1) is 18.8 Å². The second-order valence-electron chi connectivity index (χ2n) is 4.66. The molecule has 0 radical (unpaired) electrons. The summed E-state index contributed by atoms with van der Waals surface area (Å²) in [6.07, 6.45) is 1.00. The molecule has 0 aromatic carbocycles. The van der Waals surface area contributed by atoms with Gasteiger partial charge >= 0.3 is 5.97 Å². The van der Waals surface area contributed by atoms with Crippen molar-refractivity contribution in [2.45, 2.75) is 33.1 Å². The van der Waals surface area contributed by atoms with E-state index in [1.165, 1.54) is 11.2 Å². The monoisotopic (exact) mass is 291 g/mol. The molecular formula is C12H21NO5S. The lowest BCUT2D eigenvalue weighted by atomic mass is 9.95. The average molecular weight is 291 g/mol. The van der Waals surface area contributed by atoms with Crippen LogP contribution in [-0.2, 0) is 24.3 Å². The first-order valence-corrected chi connectivity index (χ1v) is 8.11. The number of sulfonamides is 1. The molecule has 0 aromatic rings. The van der Waals surface area contributed by atoms with Gasteiger partial charge in [0.2, 0.25) is 10.0 Å². The Morgan fingerprint density at radius 3 is 2.32 bits per heavy atom. The first kappa shape index (κ1) is 16.1. The highest BCUT2D eigenvalue weighted by molar-refractivity contribution is 7.89. The quantitative estimate of drug-likeness (QED) is 0.668. The van der Waals surface area contributed by atoms with Crippen LogP contribution in [0.15, 0.2) is 0 Å². The van der Waals surface area contributed by atoms with Gasteiger partial charge in [0.25, 0.3) is 0 Å². The highest BCUT2D eigenvalue weighted by atomic mass is 32.2. The van der Waals surface area contributed by atoms with Crippen molar-refractivity contribution in [1.29, 1.82) is 0 Å². The highest BCUT2D eigenvalue weighted by Crippen LogP contribution is 2.20. The second kappa shape index (κ2) is 7.00. The van der Waals surface area contributed by atoms with E-state index in [2.05, 4.69) is 0 Å². The first-order chi connectivity index (χ1) is 8.86. The largest absolute Gasteiger partial charge is 0.466 e. The summed E-state index contributed by atoms with van der Waals surface area (Å²) in [6.45, 7) is 4.18. The van der Waals surface area contributed by atoms with Crippen LogP contribution in [0.25, 0.3) is 0 Å². The van der Waals surface area contributed by atoms with Crippen LogP contribution in [0.3, 0.4) is 0 Å². The molecule has 1 saturated heterocycles. The molecule has 110 valence electrons. The van der Waals surface area contributed by atoms with Gasteiger partial charge in [-0.3, -0.25) is 9.59 Å². The lowest BCUT2D eigenvalue weighted by molar-refractivity contribution is -0.142. The number of hydrogen-bond donors (Lipinski definition) is 0. The van der Waals surface area contributed by atoms with Crippen LogP contribution in [0, 0.1) is 5.92 Å². The van der Waals surface area contributed by atoms with E-state index in [0.29, 0.717) is 25.9 Å². The van der Waals surface area contributed by atoms with Crippen LogP contribution in [0.2, 0.25) is 0 Å². The van der Waals surface area contributed by atoms with Crippen molar-refractivity contribution in [3.05, 3.63) is 0 Å². The molecule has 6 nitrogen and oxygen atoms in total. The van der Waals surface area contributed by atoms with Gasteiger partial charge in [0, 0.05) is 19.0 Å². The minimum atomic E-state index is -3.42. The zero-order chi connectivity index (χ0) is 14.5. The Morgan fingerprint density at radius 1 is 1.26 bits per heavy atom. The van der Waals surface area contributed by atoms with Gasteiger partial charge in [-0.05, 0) is 26.7 Å². The number of carbonyl (C=O) groups excluding carboxylic acids is 2. The zero-order valence-electron chi connectivity index (χ0n) is 11.4. The standard InChI is InChI=1S/C12H21NO5S/c1-3-18-12(15)6-9-19(16,17)13-7-4-11(5-8-13)10(2)14/h11H,3-9H2,1-2H3. The smallest absolute Gasteiger partial charge is 0.306 e. The molecule has 0 spiro atoms. The molecular weight excluding hydrogens is 270 g/mol. The number of Topliss-reactive ketones (excluding diaryl/α,β-unsaturated/α-hetero) is 1. The average Bonchev–Trinajstić information content (AvgIpc) is 2.37. The van der Waals surface area contributed by atoms with Crippen LogP contribution in [-0.4, -0.2) is 49.9 Å². The SMILES string of the molecule is CCOC(=O)CCS(=O)(=O)N1CCC(C(C)=O)CC1. The number of piperidine rings is 1. The number of carbonyl (C=O) groups is 2. The van der Waals surface area contributed by atoms with Crippen molar-refractivity contribution < 1.29 is 22.7 Å². The Labute approximate surface area is 114 Å². The minimum absolute atomic E-state index is 0.0310. The fraction of sp³-hybridized carbons (Fsp3) is 0.833. The Hall–Kier alpha value is -0.950. The molecule has 1 rings (SSSR count). The molecule has 0 atom stereocenters. The minimum Gasteiger partial charge on any atom is -0.466 e. The van der Waals surface area contributed by atoms with Crippen molar-refractivity contribution in [2.75, 3.05) is 25.4 Å². The van der Waals surface area contributed by atoms with Crippen LogP contribution >= 0.6 is 0 Å². The molecule has 0 saturated carbocycles. The number of nitrogens with zero attached hydrogens (tertiary/aromatic N) is 1. The van der Waals surface area contributed by atoms with Gasteiger partial charge in [0.1, 0.15) is 5.78 Å².